The van der Waals surface area contributed by atoms with Crippen molar-refractivity contribution in [3.63, 3.8) is 0 Å². The van der Waals surface area contributed by atoms with Gasteiger partial charge in [0.1, 0.15) is 5.75 Å². The molecule has 0 aliphatic carbocycles. The maximum Gasteiger partial charge on any atom is 0.239 e. The zero-order chi connectivity index (χ0) is 22.4. The fourth-order valence-corrected chi connectivity index (χ4v) is 5.12. The third-order valence-electron chi connectivity index (χ3n) is 4.54. The minimum absolute atomic E-state index is 0.0665. The van der Waals surface area contributed by atoms with Crippen molar-refractivity contribution in [3.8, 4) is 5.75 Å². The molecule has 0 aliphatic rings. The predicted molar refractivity (Wildman–Crippen MR) is 122 cm³/mol. The van der Waals surface area contributed by atoms with Crippen molar-refractivity contribution in [3.05, 3.63) is 76.5 Å². The van der Waals surface area contributed by atoms with Gasteiger partial charge in [-0.3, -0.25) is 9.78 Å². The van der Waals surface area contributed by atoms with Crippen LogP contribution in [0.3, 0.4) is 0 Å². The molecular weight excluding hydrogens is 482 g/mol. The molecule has 2 aromatic carbocycles. The third kappa shape index (κ3) is 5.62. The number of pyridine rings is 1. The van der Waals surface area contributed by atoms with Gasteiger partial charge in [-0.15, -0.1) is 0 Å². The Balaban J connectivity index is 1.78. The molecule has 3 rings (SSSR count). The molecule has 162 valence electrons. The zero-order valence-corrected chi connectivity index (χ0v) is 19.5. The molecule has 0 radical (unpaired) electrons. The largest absolute Gasteiger partial charge is 0.496 e. The van der Waals surface area contributed by atoms with Gasteiger partial charge < -0.3 is 15.4 Å². The maximum absolute atomic E-state index is 13.3. The van der Waals surface area contributed by atoms with Crippen molar-refractivity contribution in [2.75, 3.05) is 19.0 Å². The molecule has 0 atom stereocenters. The van der Waals surface area contributed by atoms with E-state index >= 15 is 0 Å². The number of nitrogens with one attached hydrogen (secondary N) is 2. The van der Waals surface area contributed by atoms with E-state index in [1.165, 1.54) is 19.2 Å². The van der Waals surface area contributed by atoms with E-state index in [1.807, 2.05) is 19.1 Å². The lowest BCUT2D eigenvalue weighted by atomic mass is 10.2. The number of rotatable bonds is 8. The number of anilines is 1. The summed E-state index contributed by atoms with van der Waals surface area (Å²) in [6, 6.07) is 13.2. The number of hydrogen-bond acceptors (Lipinski definition) is 6. The highest BCUT2D eigenvalue weighted by atomic mass is 79.9. The molecule has 0 bridgehead atoms. The van der Waals surface area contributed by atoms with Crippen molar-refractivity contribution in [2.24, 2.45) is 0 Å². The van der Waals surface area contributed by atoms with E-state index in [2.05, 4.69) is 31.5 Å². The number of methoxy groups -OCH3 is 1. The molecule has 0 saturated carbocycles. The predicted octanol–water partition coefficient (Wildman–Crippen LogP) is 3.72. The van der Waals surface area contributed by atoms with E-state index in [-0.39, 0.29) is 22.2 Å². The van der Waals surface area contributed by atoms with Gasteiger partial charge in [-0.2, -0.15) is 0 Å². The molecule has 1 amide bonds. The van der Waals surface area contributed by atoms with Crippen molar-refractivity contribution < 1.29 is 17.9 Å². The molecule has 7 nitrogen and oxygen atoms in total. The van der Waals surface area contributed by atoms with Crippen LogP contribution in [0.5, 0.6) is 5.75 Å². The maximum atomic E-state index is 13.3. The Kier molecular flexibility index (Phi) is 7.29. The van der Waals surface area contributed by atoms with Crippen molar-refractivity contribution in [1.82, 2.24) is 10.3 Å². The van der Waals surface area contributed by atoms with Crippen LogP contribution >= 0.6 is 15.9 Å². The number of carbonyl (C=O) groups excluding carboxylic acids is 1. The second-order valence-corrected chi connectivity index (χ2v) is 9.56. The van der Waals surface area contributed by atoms with Crippen LogP contribution in [0.25, 0.3) is 0 Å². The van der Waals surface area contributed by atoms with E-state index in [9.17, 15) is 13.2 Å². The topological polar surface area (TPSA) is 97.4 Å². The number of aromatic nitrogens is 1. The van der Waals surface area contributed by atoms with Crippen molar-refractivity contribution in [2.45, 2.75) is 23.3 Å². The summed E-state index contributed by atoms with van der Waals surface area (Å²) in [5.41, 5.74) is 2.07. The Hall–Kier alpha value is -2.91. The summed E-state index contributed by atoms with van der Waals surface area (Å²) in [5.74, 6) is 0.278. The standard InChI is InChI=1S/C22H22BrN3O4S/c1-15-3-5-19(25-14-22(27)26-13-16-7-9-24-10-8-16)21(11-15)31(28,29)17-4-6-20(30-2)18(23)12-17/h3-12,25H,13-14H2,1-2H3,(H,26,27). The zero-order valence-electron chi connectivity index (χ0n) is 17.1. The third-order valence-corrected chi connectivity index (χ3v) is 6.95. The first-order valence-corrected chi connectivity index (χ1v) is 11.7. The monoisotopic (exact) mass is 503 g/mol. The minimum atomic E-state index is -3.83. The first kappa shape index (κ1) is 22.8. The number of benzene rings is 2. The minimum Gasteiger partial charge on any atom is -0.496 e. The summed E-state index contributed by atoms with van der Waals surface area (Å²) in [5, 5.41) is 5.74. The van der Waals surface area contributed by atoms with E-state index < -0.39 is 9.84 Å². The van der Waals surface area contributed by atoms with Gasteiger partial charge in [0.05, 0.1) is 33.6 Å². The number of hydrogen-bond donors (Lipinski definition) is 2. The Morgan fingerprint density at radius 3 is 2.52 bits per heavy atom. The molecule has 0 aliphatic heterocycles. The van der Waals surface area contributed by atoms with Gasteiger partial charge in [0.2, 0.25) is 15.7 Å². The highest BCUT2D eigenvalue weighted by Gasteiger charge is 2.23. The Morgan fingerprint density at radius 2 is 1.84 bits per heavy atom. The summed E-state index contributed by atoms with van der Waals surface area (Å²) in [4.78, 5) is 16.4. The fourth-order valence-electron chi connectivity index (χ4n) is 2.88. The smallest absolute Gasteiger partial charge is 0.239 e. The van der Waals surface area contributed by atoms with Gasteiger partial charge in [-0.25, -0.2) is 8.42 Å². The highest BCUT2D eigenvalue weighted by molar-refractivity contribution is 9.10. The molecule has 0 fully saturated rings. The Labute approximate surface area is 189 Å². The number of sulfone groups is 1. The second kappa shape index (κ2) is 9.93. The average Bonchev–Trinajstić information content (AvgIpc) is 2.77. The fraction of sp³-hybridized carbons (Fsp3) is 0.182. The van der Waals surface area contributed by atoms with Gasteiger partial charge >= 0.3 is 0 Å². The Bertz CT molecular complexity index is 1180. The number of ether oxygens (including phenoxy) is 1. The van der Waals surface area contributed by atoms with Crippen LogP contribution in [0.15, 0.2) is 75.2 Å². The molecule has 9 heteroatoms. The van der Waals surface area contributed by atoms with Crippen LogP contribution < -0.4 is 15.4 Å². The number of amides is 1. The highest BCUT2D eigenvalue weighted by Crippen LogP contribution is 2.33. The van der Waals surface area contributed by atoms with Crippen LogP contribution in [-0.2, 0) is 21.2 Å². The van der Waals surface area contributed by atoms with Crippen LogP contribution in [-0.4, -0.2) is 33.0 Å². The van der Waals surface area contributed by atoms with Crippen molar-refractivity contribution >= 4 is 37.4 Å². The van der Waals surface area contributed by atoms with Crippen LogP contribution in [0, 0.1) is 6.92 Å². The van der Waals surface area contributed by atoms with Gasteiger partial charge in [-0.05, 0) is 76.4 Å². The molecule has 3 aromatic rings. The Morgan fingerprint density at radius 1 is 1.10 bits per heavy atom. The van der Waals surface area contributed by atoms with E-state index in [0.29, 0.717) is 22.5 Å². The molecule has 0 saturated heterocycles. The van der Waals surface area contributed by atoms with Crippen LogP contribution in [0.1, 0.15) is 11.1 Å². The molecule has 31 heavy (non-hydrogen) atoms. The first-order valence-electron chi connectivity index (χ1n) is 9.40. The summed E-state index contributed by atoms with van der Waals surface area (Å²) in [6.45, 7) is 2.11. The summed E-state index contributed by atoms with van der Waals surface area (Å²) < 4.78 is 32.3. The quantitative estimate of drug-likeness (QED) is 0.486. The molecule has 0 unspecified atom stereocenters. The van der Waals surface area contributed by atoms with Gasteiger partial charge in [0.25, 0.3) is 0 Å². The number of carbonyl (C=O) groups is 1. The van der Waals surface area contributed by atoms with Gasteiger partial charge in [0, 0.05) is 18.9 Å². The molecule has 1 heterocycles. The van der Waals surface area contributed by atoms with Gasteiger partial charge in [-0.1, -0.05) is 6.07 Å². The molecular formula is C22H22BrN3O4S. The molecule has 1 aromatic heterocycles. The lowest BCUT2D eigenvalue weighted by molar-refractivity contribution is -0.119. The van der Waals surface area contributed by atoms with Crippen LogP contribution in [0.4, 0.5) is 5.69 Å². The van der Waals surface area contributed by atoms with Crippen LogP contribution in [0.2, 0.25) is 0 Å². The van der Waals surface area contributed by atoms with Crippen molar-refractivity contribution in [1.29, 1.82) is 0 Å². The second-order valence-electron chi connectivity index (χ2n) is 6.79. The number of nitrogens with zero attached hydrogens (tertiary/aromatic N) is 1. The normalized spacial score (nSPS) is 11.1. The summed E-state index contributed by atoms with van der Waals surface area (Å²) >= 11 is 3.33. The average molecular weight is 504 g/mol. The number of aryl methyl sites for hydroxylation is 1. The number of halogens is 1. The summed E-state index contributed by atoms with van der Waals surface area (Å²) in [6.07, 6.45) is 3.31. The van der Waals surface area contributed by atoms with E-state index in [0.717, 1.165) is 11.1 Å². The lowest BCUT2D eigenvalue weighted by Gasteiger charge is -2.14. The molecule has 2 N–H and O–H groups in total. The van der Waals surface area contributed by atoms with E-state index in [1.54, 1.807) is 36.7 Å². The van der Waals surface area contributed by atoms with E-state index in [4.69, 9.17) is 4.74 Å². The van der Waals surface area contributed by atoms with Gasteiger partial charge in [0.15, 0.2) is 0 Å². The first-order chi connectivity index (χ1) is 14.8. The lowest BCUT2D eigenvalue weighted by Crippen LogP contribution is -2.29. The SMILES string of the molecule is COc1ccc(S(=O)(=O)c2cc(C)ccc2NCC(=O)NCc2ccncc2)cc1Br. The molecule has 0 spiro atoms. The summed E-state index contributed by atoms with van der Waals surface area (Å²) in [7, 11) is -2.32.